The van der Waals surface area contributed by atoms with Gasteiger partial charge in [-0.2, -0.15) is 0 Å². The van der Waals surface area contributed by atoms with Crippen LogP contribution in [-0.2, 0) is 4.79 Å². The van der Waals surface area contributed by atoms with E-state index < -0.39 is 12.0 Å². The predicted molar refractivity (Wildman–Crippen MR) is 75.8 cm³/mol. The predicted octanol–water partition coefficient (Wildman–Crippen LogP) is 1.71. The summed E-state index contributed by atoms with van der Waals surface area (Å²) >= 11 is 0. The molecule has 1 saturated heterocycles. The minimum atomic E-state index is -0.941. The van der Waals surface area contributed by atoms with Crippen LogP contribution in [0.25, 0.3) is 11.0 Å². The molecule has 3 rings (SSSR count). The highest BCUT2D eigenvalue weighted by Crippen LogP contribution is 2.21. The molecule has 1 unspecified atom stereocenters. The maximum atomic E-state index is 12.6. The molecule has 108 valence electrons. The second-order valence-electron chi connectivity index (χ2n) is 5.11. The first-order valence-electron chi connectivity index (χ1n) is 6.91. The first-order chi connectivity index (χ1) is 10.2. The lowest BCUT2D eigenvalue weighted by Crippen LogP contribution is -2.47. The first-order valence-corrected chi connectivity index (χ1v) is 6.91. The SMILES string of the molecule is O=C(O)C1CCCCN1C(=O)c1ccc2nccnc2c1. The van der Waals surface area contributed by atoms with Crippen LogP contribution in [0.5, 0.6) is 0 Å². The summed E-state index contributed by atoms with van der Waals surface area (Å²) in [5, 5.41) is 9.26. The molecule has 2 aromatic rings. The molecule has 1 fully saturated rings. The van der Waals surface area contributed by atoms with Crippen LogP contribution >= 0.6 is 0 Å². The van der Waals surface area contributed by atoms with E-state index in [4.69, 9.17) is 0 Å². The van der Waals surface area contributed by atoms with Gasteiger partial charge in [0, 0.05) is 24.5 Å². The molecule has 2 heterocycles. The first kappa shape index (κ1) is 13.5. The van der Waals surface area contributed by atoms with E-state index in [1.54, 1.807) is 30.6 Å². The summed E-state index contributed by atoms with van der Waals surface area (Å²) in [4.78, 5) is 33.6. The quantitative estimate of drug-likeness (QED) is 0.908. The second kappa shape index (κ2) is 5.47. The number of carboxylic acids is 1. The van der Waals surface area contributed by atoms with Crippen molar-refractivity contribution < 1.29 is 14.7 Å². The van der Waals surface area contributed by atoms with E-state index in [2.05, 4.69) is 9.97 Å². The fourth-order valence-corrected chi connectivity index (χ4v) is 2.69. The molecule has 1 aliphatic rings. The van der Waals surface area contributed by atoms with Gasteiger partial charge in [-0.15, -0.1) is 0 Å². The van der Waals surface area contributed by atoms with Crippen molar-refractivity contribution in [1.82, 2.24) is 14.9 Å². The van der Waals surface area contributed by atoms with Crippen LogP contribution in [-0.4, -0.2) is 44.4 Å². The average Bonchev–Trinajstić information content (AvgIpc) is 2.53. The molecular weight excluding hydrogens is 270 g/mol. The van der Waals surface area contributed by atoms with Crippen molar-refractivity contribution in [1.29, 1.82) is 0 Å². The fraction of sp³-hybridized carbons (Fsp3) is 0.333. The standard InChI is InChI=1S/C15H15N3O3/c19-14(18-8-2-1-3-13(18)15(20)21)10-4-5-11-12(9-10)17-7-6-16-11/h4-7,9,13H,1-3,8H2,(H,20,21). The molecule has 6 heteroatoms. The Balaban J connectivity index is 1.93. The number of aromatic nitrogens is 2. The molecule has 21 heavy (non-hydrogen) atoms. The Morgan fingerprint density at radius 3 is 2.67 bits per heavy atom. The van der Waals surface area contributed by atoms with Gasteiger partial charge in [-0.1, -0.05) is 0 Å². The Labute approximate surface area is 121 Å². The van der Waals surface area contributed by atoms with Crippen molar-refractivity contribution in [3.05, 3.63) is 36.2 Å². The van der Waals surface area contributed by atoms with Gasteiger partial charge in [0.15, 0.2) is 0 Å². The van der Waals surface area contributed by atoms with E-state index in [0.717, 1.165) is 12.8 Å². The smallest absolute Gasteiger partial charge is 0.326 e. The molecule has 0 saturated carbocycles. The van der Waals surface area contributed by atoms with Gasteiger partial charge in [-0.05, 0) is 37.5 Å². The number of nitrogens with zero attached hydrogens (tertiary/aromatic N) is 3. The molecule has 1 aliphatic heterocycles. The van der Waals surface area contributed by atoms with Gasteiger partial charge < -0.3 is 10.0 Å². The van der Waals surface area contributed by atoms with E-state index in [9.17, 15) is 14.7 Å². The maximum Gasteiger partial charge on any atom is 0.326 e. The van der Waals surface area contributed by atoms with Gasteiger partial charge in [0.25, 0.3) is 5.91 Å². The zero-order valence-electron chi connectivity index (χ0n) is 11.4. The Bertz CT molecular complexity index is 701. The van der Waals surface area contributed by atoms with E-state index in [1.807, 2.05) is 0 Å². The second-order valence-corrected chi connectivity index (χ2v) is 5.11. The third kappa shape index (κ3) is 2.56. The molecule has 1 atom stereocenters. The molecule has 1 N–H and O–H groups in total. The minimum absolute atomic E-state index is 0.255. The number of hydrogen-bond donors (Lipinski definition) is 1. The van der Waals surface area contributed by atoms with Gasteiger partial charge >= 0.3 is 5.97 Å². The molecule has 1 aromatic carbocycles. The van der Waals surface area contributed by atoms with Crippen molar-refractivity contribution >= 4 is 22.9 Å². The molecule has 0 spiro atoms. The average molecular weight is 285 g/mol. The Kier molecular flexibility index (Phi) is 3.51. The molecule has 1 amide bonds. The van der Waals surface area contributed by atoms with Crippen LogP contribution < -0.4 is 0 Å². The molecule has 0 aliphatic carbocycles. The van der Waals surface area contributed by atoms with E-state index in [-0.39, 0.29) is 5.91 Å². The fourth-order valence-electron chi connectivity index (χ4n) is 2.69. The molecular formula is C15H15N3O3. The minimum Gasteiger partial charge on any atom is -0.480 e. The zero-order chi connectivity index (χ0) is 14.8. The van der Waals surface area contributed by atoms with Crippen LogP contribution in [0.4, 0.5) is 0 Å². The monoisotopic (exact) mass is 285 g/mol. The van der Waals surface area contributed by atoms with Gasteiger partial charge in [-0.3, -0.25) is 14.8 Å². The molecule has 6 nitrogen and oxygen atoms in total. The Morgan fingerprint density at radius 1 is 1.14 bits per heavy atom. The van der Waals surface area contributed by atoms with Crippen molar-refractivity contribution in [2.45, 2.75) is 25.3 Å². The number of carboxylic acid groups (broad SMARTS) is 1. The largest absolute Gasteiger partial charge is 0.480 e. The number of piperidine rings is 1. The number of carbonyl (C=O) groups excluding carboxylic acids is 1. The third-order valence-electron chi connectivity index (χ3n) is 3.76. The summed E-state index contributed by atoms with van der Waals surface area (Å²) < 4.78 is 0. The summed E-state index contributed by atoms with van der Waals surface area (Å²) in [5.74, 6) is -1.20. The normalized spacial score (nSPS) is 18.7. The van der Waals surface area contributed by atoms with Crippen molar-refractivity contribution in [2.24, 2.45) is 0 Å². The topological polar surface area (TPSA) is 83.4 Å². The highest BCUT2D eigenvalue weighted by atomic mass is 16.4. The van der Waals surface area contributed by atoms with Gasteiger partial charge in [0.2, 0.25) is 0 Å². The van der Waals surface area contributed by atoms with Crippen molar-refractivity contribution in [2.75, 3.05) is 6.54 Å². The lowest BCUT2D eigenvalue weighted by Gasteiger charge is -2.33. The summed E-state index contributed by atoms with van der Waals surface area (Å²) in [5.41, 5.74) is 1.80. The van der Waals surface area contributed by atoms with Crippen molar-refractivity contribution in [3.8, 4) is 0 Å². The number of rotatable bonds is 2. The van der Waals surface area contributed by atoms with Crippen molar-refractivity contribution in [3.63, 3.8) is 0 Å². The molecule has 0 bridgehead atoms. The third-order valence-corrected chi connectivity index (χ3v) is 3.76. The van der Waals surface area contributed by atoms with Crippen LogP contribution in [0.3, 0.4) is 0 Å². The highest BCUT2D eigenvalue weighted by Gasteiger charge is 2.32. The summed E-state index contributed by atoms with van der Waals surface area (Å²) in [6.45, 7) is 0.480. The highest BCUT2D eigenvalue weighted by molar-refractivity contribution is 5.99. The molecule has 0 radical (unpaired) electrons. The van der Waals surface area contributed by atoms with Crippen LogP contribution in [0.2, 0.25) is 0 Å². The number of fused-ring (bicyclic) bond motifs is 1. The lowest BCUT2D eigenvalue weighted by atomic mass is 10.0. The zero-order valence-corrected chi connectivity index (χ0v) is 11.4. The summed E-state index contributed by atoms with van der Waals surface area (Å²) in [6, 6.07) is 4.34. The van der Waals surface area contributed by atoms with Gasteiger partial charge in [0.05, 0.1) is 11.0 Å². The Hall–Kier alpha value is -2.50. The van der Waals surface area contributed by atoms with Gasteiger partial charge in [-0.25, -0.2) is 4.79 Å². The number of hydrogen-bond acceptors (Lipinski definition) is 4. The number of amides is 1. The van der Waals surface area contributed by atoms with E-state index in [1.165, 1.54) is 4.90 Å². The maximum absolute atomic E-state index is 12.6. The number of likely N-dealkylation sites (tertiary alicyclic amines) is 1. The lowest BCUT2D eigenvalue weighted by molar-refractivity contribution is -0.143. The van der Waals surface area contributed by atoms with E-state index >= 15 is 0 Å². The number of benzene rings is 1. The van der Waals surface area contributed by atoms with Crippen LogP contribution in [0.15, 0.2) is 30.6 Å². The number of carbonyl (C=O) groups is 2. The summed E-state index contributed by atoms with van der Waals surface area (Å²) in [6.07, 6.45) is 5.34. The Morgan fingerprint density at radius 2 is 1.90 bits per heavy atom. The van der Waals surface area contributed by atoms with Crippen LogP contribution in [0, 0.1) is 0 Å². The molecule has 1 aromatic heterocycles. The van der Waals surface area contributed by atoms with E-state index in [0.29, 0.717) is 29.6 Å². The summed E-state index contributed by atoms with van der Waals surface area (Å²) in [7, 11) is 0. The van der Waals surface area contributed by atoms with Gasteiger partial charge in [0.1, 0.15) is 6.04 Å². The number of aliphatic carboxylic acids is 1. The van der Waals surface area contributed by atoms with Crippen LogP contribution in [0.1, 0.15) is 29.6 Å².